The molecule has 0 bridgehead atoms. The minimum Gasteiger partial charge on any atom is -0.857 e. The van der Waals surface area contributed by atoms with Crippen LogP contribution in [0.15, 0.2) is 46.6 Å². The molecule has 0 aliphatic heterocycles. The van der Waals surface area contributed by atoms with Crippen LogP contribution in [0.5, 0.6) is 0 Å². The fraction of sp³-hybridized carbons (Fsp3) is 0.565. The minimum atomic E-state index is -2.96. The normalized spacial score (nSPS) is 22.7. The third kappa shape index (κ3) is 5.20. The molecule has 29 heavy (non-hydrogen) atoms. The van der Waals surface area contributed by atoms with Gasteiger partial charge in [-0.3, -0.25) is 0 Å². The van der Waals surface area contributed by atoms with Gasteiger partial charge in [0.15, 0.2) is 0 Å². The molecule has 0 aromatic rings. The van der Waals surface area contributed by atoms with Crippen LogP contribution in [0, 0.1) is 5.92 Å². The summed E-state index contributed by atoms with van der Waals surface area (Å²) in [5.41, 5.74) is 6.70. The van der Waals surface area contributed by atoms with E-state index < -0.39 is 30.6 Å². The molecule has 0 spiro atoms. The van der Waals surface area contributed by atoms with Crippen LogP contribution in [-0.4, -0.2) is 19.0 Å². The Labute approximate surface area is 181 Å². The predicted octanol–water partition coefficient (Wildman–Crippen LogP) is 4.44. The van der Waals surface area contributed by atoms with Gasteiger partial charge >= 0.3 is 169 Å². The van der Waals surface area contributed by atoms with Crippen LogP contribution in [0.2, 0.25) is 4.22 Å². The zero-order valence-corrected chi connectivity index (χ0v) is 19.6. The second-order valence-electron chi connectivity index (χ2n) is 7.97. The maximum Gasteiger partial charge on any atom is -0.153 e. The Balaban J connectivity index is 0.00000145. The van der Waals surface area contributed by atoms with Crippen molar-refractivity contribution in [3.8, 4) is 0 Å². The number of hydrogen-bond acceptors (Lipinski definition) is 5. The van der Waals surface area contributed by atoms with E-state index in [4.69, 9.17) is 11.7 Å². The van der Waals surface area contributed by atoms with Crippen LogP contribution in [0.25, 0.3) is 0 Å². The van der Waals surface area contributed by atoms with Crippen LogP contribution in [0.1, 0.15) is 65.7 Å². The van der Waals surface area contributed by atoms with E-state index >= 15 is 0 Å². The molecule has 3 aliphatic carbocycles. The molecule has 2 unspecified atom stereocenters. The average Bonchev–Trinajstić information content (AvgIpc) is 3.01. The molecule has 0 aromatic carbocycles. The predicted molar refractivity (Wildman–Crippen MR) is 107 cm³/mol. The number of rotatable bonds is 5. The zero-order valence-electron chi connectivity index (χ0n) is 18.1. The van der Waals surface area contributed by atoms with Gasteiger partial charge in [-0.2, -0.15) is 7.11 Å². The Morgan fingerprint density at radius 1 is 0.931 bits per heavy atom. The van der Waals surface area contributed by atoms with Crippen molar-refractivity contribution in [2.75, 3.05) is 7.11 Å². The monoisotopic (exact) mass is 436 g/mol. The molecule has 0 amide bonds. The van der Waals surface area contributed by atoms with Crippen molar-refractivity contribution in [1.29, 1.82) is 0 Å². The second kappa shape index (κ2) is 10.6. The summed E-state index contributed by atoms with van der Waals surface area (Å²) in [4.78, 5) is 24.5. The van der Waals surface area contributed by atoms with E-state index in [2.05, 4.69) is 20.1 Å². The number of allylic oxidation sites excluding steroid dienone is 4. The maximum absolute atomic E-state index is 12.3. The van der Waals surface area contributed by atoms with Crippen molar-refractivity contribution in [2.45, 2.75) is 69.9 Å². The zero-order chi connectivity index (χ0) is 21.7. The van der Waals surface area contributed by atoms with Crippen LogP contribution >= 0.6 is 0 Å². The van der Waals surface area contributed by atoms with Crippen molar-refractivity contribution >= 4 is 11.9 Å². The Hall–Kier alpha value is -1.43. The molecule has 2 atom stereocenters. The van der Waals surface area contributed by atoms with Crippen molar-refractivity contribution in [3.63, 3.8) is 0 Å². The van der Waals surface area contributed by atoms with Crippen LogP contribution in [-0.2, 0) is 34.9 Å². The molecule has 0 aromatic heterocycles. The minimum absolute atomic E-state index is 0.0703. The van der Waals surface area contributed by atoms with Crippen LogP contribution in [0.3, 0.4) is 0 Å². The molecular weight excluding hydrogens is 404 g/mol. The summed E-state index contributed by atoms with van der Waals surface area (Å²) in [5.74, 6) is -0.513. The first kappa shape index (κ1) is 23.8. The van der Waals surface area contributed by atoms with E-state index in [-0.39, 0.29) is 4.22 Å². The van der Waals surface area contributed by atoms with Gasteiger partial charge in [0.1, 0.15) is 0 Å². The van der Waals surface area contributed by atoms with E-state index in [0.717, 1.165) is 32.8 Å². The summed E-state index contributed by atoms with van der Waals surface area (Å²) in [6.45, 7) is 12.9. The summed E-state index contributed by atoms with van der Waals surface area (Å²) in [5, 5.41) is 8.25. The first-order valence-electron chi connectivity index (χ1n) is 10.3. The Kier molecular flexibility index (Phi) is 8.68. The molecule has 158 valence electrons. The molecule has 0 heterocycles. The summed E-state index contributed by atoms with van der Waals surface area (Å²) in [7, 11) is 0.750. The van der Waals surface area contributed by atoms with Gasteiger partial charge in [-0.25, -0.2) is 0 Å². The largest absolute Gasteiger partial charge is 0.857 e. The standard InChI is InChI=1S/C14H19.2C4H6O2.CH3O.Ti/c1-10-11-6-2-4-8-13(11)14-9-5-3-7-12(10)14;2*1-3(2)4(5)6;1-2;/h6,10H,2-5,7-9H2,1H3;2*1H2,2H3,(H,5,6);1H3;/q;;;-1;+3/p-2. The average molecular weight is 436 g/mol. The molecule has 0 radical (unpaired) electrons. The maximum atomic E-state index is 12.3. The first-order valence-corrected chi connectivity index (χ1v) is 12.5. The van der Waals surface area contributed by atoms with Gasteiger partial charge in [-0.15, -0.1) is 0 Å². The van der Waals surface area contributed by atoms with Crippen molar-refractivity contribution in [3.05, 3.63) is 46.6 Å². The van der Waals surface area contributed by atoms with E-state index in [0.29, 0.717) is 17.1 Å². The third-order valence-electron chi connectivity index (χ3n) is 5.88. The van der Waals surface area contributed by atoms with Crippen LogP contribution < -0.4 is 5.11 Å². The molecular formula is C23H32O5Ti. The Bertz CT molecular complexity index is 733. The molecule has 3 aliphatic rings. The summed E-state index contributed by atoms with van der Waals surface area (Å²) < 4.78 is 11.6. The summed E-state index contributed by atoms with van der Waals surface area (Å²) in [6, 6.07) is 0. The van der Waals surface area contributed by atoms with E-state index in [1.165, 1.54) is 30.4 Å². The second-order valence-corrected chi connectivity index (χ2v) is 10.7. The van der Waals surface area contributed by atoms with Gasteiger partial charge in [-0.05, 0) is 0 Å². The molecule has 3 rings (SSSR count). The Morgan fingerprint density at radius 2 is 1.45 bits per heavy atom. The van der Waals surface area contributed by atoms with Crippen molar-refractivity contribution in [2.24, 2.45) is 5.92 Å². The number of fused-ring (bicyclic) bond motifs is 1. The van der Waals surface area contributed by atoms with Gasteiger partial charge in [0.05, 0.1) is 0 Å². The summed E-state index contributed by atoms with van der Waals surface area (Å²) in [6.07, 6.45) is 7.92. The topological polar surface area (TPSA) is 75.7 Å². The van der Waals surface area contributed by atoms with E-state index in [1.54, 1.807) is 25.0 Å². The molecule has 0 saturated carbocycles. The number of carbonyl (C=O) groups excluding carboxylic acids is 2. The first-order chi connectivity index (χ1) is 13.8. The smallest absolute Gasteiger partial charge is 0.153 e. The number of hydrogen-bond donors (Lipinski definition) is 0. The molecule has 0 fully saturated rings. The van der Waals surface area contributed by atoms with Crippen molar-refractivity contribution in [1.82, 2.24) is 0 Å². The fourth-order valence-corrected chi connectivity index (χ4v) is 7.96. The SMILES string of the molecule is C=C(C)C(=O)[O][Ti+]([O]C(=O)C(=C)C)[CH]1CCCC2=C1C(C)C1=C2CCCC1.C[O-]. The van der Waals surface area contributed by atoms with Crippen molar-refractivity contribution < 1.29 is 40.0 Å². The molecule has 0 N–H and O–H groups in total. The van der Waals surface area contributed by atoms with Gasteiger partial charge in [0.25, 0.3) is 0 Å². The van der Waals surface area contributed by atoms with E-state index in [9.17, 15) is 9.59 Å². The molecule has 5 nitrogen and oxygen atoms in total. The van der Waals surface area contributed by atoms with Crippen LogP contribution in [0.4, 0.5) is 0 Å². The number of carbonyl (C=O) groups is 2. The van der Waals surface area contributed by atoms with Gasteiger partial charge in [-0.1, -0.05) is 0 Å². The molecule has 6 heteroatoms. The quantitative estimate of drug-likeness (QED) is 0.471. The third-order valence-corrected chi connectivity index (χ3v) is 8.91. The van der Waals surface area contributed by atoms with Gasteiger partial charge in [0.2, 0.25) is 0 Å². The van der Waals surface area contributed by atoms with Gasteiger partial charge < -0.3 is 5.11 Å². The molecule has 0 saturated heterocycles. The fourth-order valence-electron chi connectivity index (χ4n) is 4.59. The summed E-state index contributed by atoms with van der Waals surface area (Å²) >= 11 is -2.96. The Morgan fingerprint density at radius 3 is 2.00 bits per heavy atom. The van der Waals surface area contributed by atoms with Gasteiger partial charge in [0, 0.05) is 0 Å². The van der Waals surface area contributed by atoms with E-state index in [1.807, 2.05) is 0 Å².